The molecule has 5 heterocycles. The number of thiophene rings is 1. The van der Waals surface area contributed by atoms with Crippen LogP contribution in [0.4, 0.5) is 11.5 Å². The number of hydrogen-bond acceptors (Lipinski definition) is 8. The summed E-state index contributed by atoms with van der Waals surface area (Å²) in [6.07, 6.45) is 6.01. The largest absolute Gasteiger partial charge is 0.455 e. The first kappa shape index (κ1) is 18.2. The van der Waals surface area contributed by atoms with Crippen LogP contribution in [0.5, 0.6) is 11.5 Å². The topological polar surface area (TPSA) is 89.3 Å². The van der Waals surface area contributed by atoms with Gasteiger partial charge in [-0.05, 0) is 54.8 Å². The number of aryl methyl sites for hydroxylation is 1. The minimum Gasteiger partial charge on any atom is -0.455 e. The molecule has 1 aromatic carbocycles. The molecule has 8 nitrogen and oxygen atoms in total. The molecule has 31 heavy (non-hydrogen) atoms. The molecule has 9 heteroatoms. The van der Waals surface area contributed by atoms with Gasteiger partial charge in [-0.2, -0.15) is 5.10 Å². The van der Waals surface area contributed by atoms with E-state index in [4.69, 9.17) is 4.74 Å². The molecular weight excluding hydrogens is 410 g/mol. The lowest BCUT2D eigenvalue weighted by Gasteiger charge is -2.14. The van der Waals surface area contributed by atoms with E-state index in [1.165, 1.54) is 16.8 Å². The van der Waals surface area contributed by atoms with Crippen molar-refractivity contribution in [2.75, 3.05) is 11.9 Å². The summed E-state index contributed by atoms with van der Waals surface area (Å²) in [5.41, 5.74) is 4.07. The van der Waals surface area contributed by atoms with Crippen LogP contribution in [0.1, 0.15) is 16.0 Å². The average Bonchev–Trinajstić information content (AvgIpc) is 3.40. The Balaban J connectivity index is 1.29. The molecule has 5 aromatic rings. The summed E-state index contributed by atoms with van der Waals surface area (Å²) < 4.78 is 7.77. The summed E-state index contributed by atoms with van der Waals surface area (Å²) in [5.74, 6) is 2.34. The summed E-state index contributed by atoms with van der Waals surface area (Å²) in [6.45, 7) is 3.90. The van der Waals surface area contributed by atoms with Gasteiger partial charge in [0, 0.05) is 23.7 Å². The Kier molecular flexibility index (Phi) is 4.29. The molecular formula is C22H19N7OS. The van der Waals surface area contributed by atoms with Crippen LogP contribution in [0.3, 0.4) is 0 Å². The van der Waals surface area contributed by atoms with Crippen LogP contribution in [-0.2, 0) is 13.0 Å². The molecule has 0 radical (unpaired) electrons. The molecule has 0 saturated carbocycles. The van der Waals surface area contributed by atoms with E-state index in [-0.39, 0.29) is 0 Å². The number of benzene rings is 1. The van der Waals surface area contributed by atoms with Gasteiger partial charge >= 0.3 is 0 Å². The maximum absolute atomic E-state index is 6.08. The lowest BCUT2D eigenvalue weighted by molar-refractivity contribution is 0.475. The highest BCUT2D eigenvalue weighted by molar-refractivity contribution is 7.19. The monoisotopic (exact) mass is 429 g/mol. The summed E-state index contributed by atoms with van der Waals surface area (Å²) in [4.78, 5) is 15.6. The van der Waals surface area contributed by atoms with Crippen molar-refractivity contribution in [1.82, 2.24) is 29.9 Å². The molecule has 0 unspecified atom stereocenters. The molecule has 0 bridgehead atoms. The maximum atomic E-state index is 6.08. The molecule has 1 aliphatic rings. The van der Waals surface area contributed by atoms with Crippen molar-refractivity contribution in [2.24, 2.45) is 0 Å². The van der Waals surface area contributed by atoms with Crippen LogP contribution in [0.25, 0.3) is 15.9 Å². The third kappa shape index (κ3) is 3.28. The maximum Gasteiger partial charge on any atom is 0.155 e. The van der Waals surface area contributed by atoms with Gasteiger partial charge in [0.1, 0.15) is 34.8 Å². The lowest BCUT2D eigenvalue weighted by atomic mass is 10.1. The Morgan fingerprint density at radius 1 is 1.13 bits per heavy atom. The van der Waals surface area contributed by atoms with Gasteiger partial charge < -0.3 is 15.4 Å². The minimum atomic E-state index is 0.705. The standard InChI is InChI=1S/C22H19N7OS/c1-13-8-14(2-4-17(13)30-15-3-5-19-24-12-27-29(19)10-15)28-21-20-16-9-23-7-6-18(16)31-22(20)26-11-25-21/h2-5,8,10-12,23H,6-7,9H2,1H3,(H,25,26,28). The second-order valence-corrected chi connectivity index (χ2v) is 8.55. The van der Waals surface area contributed by atoms with Gasteiger partial charge in [0.2, 0.25) is 0 Å². The van der Waals surface area contributed by atoms with Gasteiger partial charge in [-0.25, -0.2) is 19.5 Å². The van der Waals surface area contributed by atoms with Crippen molar-refractivity contribution in [1.29, 1.82) is 0 Å². The highest BCUT2D eigenvalue weighted by atomic mass is 32.1. The number of ether oxygens (including phenoxy) is 1. The number of rotatable bonds is 4. The molecule has 6 rings (SSSR count). The summed E-state index contributed by atoms with van der Waals surface area (Å²) in [5, 5.41) is 12.2. The smallest absolute Gasteiger partial charge is 0.155 e. The minimum absolute atomic E-state index is 0.705. The molecule has 2 N–H and O–H groups in total. The number of anilines is 2. The molecule has 0 saturated heterocycles. The zero-order chi connectivity index (χ0) is 20.8. The zero-order valence-electron chi connectivity index (χ0n) is 16.8. The van der Waals surface area contributed by atoms with E-state index < -0.39 is 0 Å². The summed E-state index contributed by atoms with van der Waals surface area (Å²) in [7, 11) is 0. The molecule has 0 atom stereocenters. The van der Waals surface area contributed by atoms with Crippen LogP contribution in [-0.4, -0.2) is 31.1 Å². The highest BCUT2D eigenvalue weighted by Crippen LogP contribution is 2.37. The van der Waals surface area contributed by atoms with Crippen LogP contribution >= 0.6 is 11.3 Å². The Labute approximate surface area is 182 Å². The number of aromatic nitrogens is 5. The number of nitrogens with one attached hydrogen (secondary N) is 2. The second kappa shape index (κ2) is 7.29. The predicted molar refractivity (Wildman–Crippen MR) is 120 cm³/mol. The van der Waals surface area contributed by atoms with Crippen LogP contribution in [0.2, 0.25) is 0 Å². The fraction of sp³-hybridized carbons (Fsp3) is 0.182. The van der Waals surface area contributed by atoms with E-state index >= 15 is 0 Å². The van der Waals surface area contributed by atoms with Crippen LogP contribution < -0.4 is 15.4 Å². The molecule has 0 spiro atoms. The summed E-state index contributed by atoms with van der Waals surface area (Å²) >= 11 is 1.77. The van der Waals surface area contributed by atoms with Crippen molar-refractivity contribution in [2.45, 2.75) is 19.9 Å². The second-order valence-electron chi connectivity index (χ2n) is 7.47. The third-order valence-electron chi connectivity index (χ3n) is 5.41. The number of fused-ring (bicyclic) bond motifs is 4. The number of nitrogens with zero attached hydrogens (tertiary/aromatic N) is 5. The Hall–Kier alpha value is -3.56. The van der Waals surface area contributed by atoms with Gasteiger partial charge in [-0.15, -0.1) is 11.3 Å². The van der Waals surface area contributed by atoms with Crippen molar-refractivity contribution in [3.05, 3.63) is 65.2 Å². The first-order chi connectivity index (χ1) is 15.2. The first-order valence-electron chi connectivity index (χ1n) is 10.1. The predicted octanol–water partition coefficient (Wildman–Crippen LogP) is 4.22. The fourth-order valence-corrected chi connectivity index (χ4v) is 5.06. The highest BCUT2D eigenvalue weighted by Gasteiger charge is 2.19. The van der Waals surface area contributed by atoms with Gasteiger partial charge in [0.25, 0.3) is 0 Å². The zero-order valence-corrected chi connectivity index (χ0v) is 17.6. The van der Waals surface area contributed by atoms with Crippen molar-refractivity contribution >= 4 is 38.7 Å². The van der Waals surface area contributed by atoms with E-state index in [1.807, 2.05) is 37.4 Å². The summed E-state index contributed by atoms with van der Waals surface area (Å²) in [6, 6.07) is 9.80. The van der Waals surface area contributed by atoms with E-state index in [1.54, 1.807) is 22.2 Å². The van der Waals surface area contributed by atoms with E-state index in [0.29, 0.717) is 5.75 Å². The molecule has 0 fully saturated rings. The molecule has 0 amide bonds. The Bertz CT molecular complexity index is 1420. The first-order valence-corrected chi connectivity index (χ1v) is 10.9. The third-order valence-corrected chi connectivity index (χ3v) is 6.61. The van der Waals surface area contributed by atoms with Crippen molar-refractivity contribution in [3.8, 4) is 11.5 Å². The SMILES string of the molecule is Cc1cc(Nc2ncnc3sc4c(c23)CNCC4)ccc1Oc1ccc2ncnn2c1. The Morgan fingerprint density at radius 3 is 3.03 bits per heavy atom. The quantitative estimate of drug-likeness (QED) is 0.442. The average molecular weight is 430 g/mol. The normalized spacial score (nSPS) is 13.5. The molecule has 4 aromatic heterocycles. The van der Waals surface area contributed by atoms with Gasteiger partial charge in [-0.1, -0.05) is 0 Å². The van der Waals surface area contributed by atoms with Crippen molar-refractivity contribution in [3.63, 3.8) is 0 Å². The van der Waals surface area contributed by atoms with Crippen LogP contribution in [0.15, 0.2) is 49.2 Å². The number of hydrogen-bond donors (Lipinski definition) is 2. The van der Waals surface area contributed by atoms with Crippen molar-refractivity contribution < 1.29 is 4.74 Å². The molecule has 0 aliphatic carbocycles. The van der Waals surface area contributed by atoms with Gasteiger partial charge in [0.05, 0.1) is 11.6 Å². The van der Waals surface area contributed by atoms with Gasteiger partial charge in [-0.3, -0.25) is 0 Å². The lowest BCUT2D eigenvalue weighted by Crippen LogP contribution is -2.22. The van der Waals surface area contributed by atoms with Gasteiger partial charge in [0.15, 0.2) is 5.65 Å². The molecule has 1 aliphatic heterocycles. The molecule has 154 valence electrons. The number of pyridine rings is 1. The Morgan fingerprint density at radius 2 is 2.10 bits per heavy atom. The van der Waals surface area contributed by atoms with E-state index in [9.17, 15) is 0 Å². The van der Waals surface area contributed by atoms with E-state index in [2.05, 4.69) is 36.8 Å². The van der Waals surface area contributed by atoms with Crippen LogP contribution in [0, 0.1) is 6.92 Å². The van der Waals surface area contributed by atoms with E-state index in [0.717, 1.165) is 58.2 Å². The fourth-order valence-electron chi connectivity index (χ4n) is 3.90.